The first kappa shape index (κ1) is 18.0. The zero-order valence-corrected chi connectivity index (χ0v) is 16.4. The van der Waals surface area contributed by atoms with E-state index in [1.165, 1.54) is 25.1 Å². The maximum atomic E-state index is 5.92. The van der Waals surface area contributed by atoms with Crippen LogP contribution in [0.15, 0.2) is 60.0 Å². The van der Waals surface area contributed by atoms with Crippen molar-refractivity contribution in [2.75, 3.05) is 25.5 Å². The Kier molecular flexibility index (Phi) is 5.70. The minimum atomic E-state index is 0.552. The Morgan fingerprint density at radius 1 is 1.19 bits per heavy atom. The van der Waals surface area contributed by atoms with Crippen LogP contribution in [0.2, 0.25) is 0 Å². The van der Waals surface area contributed by atoms with Gasteiger partial charge < -0.3 is 15.0 Å². The molecule has 140 valence electrons. The molecule has 5 heteroatoms. The van der Waals surface area contributed by atoms with Crippen LogP contribution in [0.1, 0.15) is 30.0 Å². The molecule has 0 aliphatic carbocycles. The number of anilines is 2. The second-order valence-corrected chi connectivity index (χ2v) is 7.96. The standard InChI is InChI=1S/C22H25N3OS/c1-25-12-6-9-18(14-25)21-16-27-22(24-21)23-19-10-5-11-20(13-19)26-15-17-7-3-2-4-8-17/h2-5,7-8,10-11,13,16,18H,6,9,12,14-15H2,1H3,(H,23,24)/t18-/m0/s1. The molecular formula is C22H25N3OS. The smallest absolute Gasteiger partial charge is 0.187 e. The van der Waals surface area contributed by atoms with Gasteiger partial charge in [0.1, 0.15) is 12.4 Å². The van der Waals surface area contributed by atoms with Crippen LogP contribution in [0, 0.1) is 0 Å². The minimum absolute atomic E-state index is 0.552. The van der Waals surface area contributed by atoms with Crippen molar-refractivity contribution in [2.45, 2.75) is 25.4 Å². The third kappa shape index (κ3) is 4.87. The van der Waals surface area contributed by atoms with Crippen LogP contribution in [0.25, 0.3) is 0 Å². The predicted molar refractivity (Wildman–Crippen MR) is 112 cm³/mol. The first-order valence-electron chi connectivity index (χ1n) is 9.44. The number of nitrogens with one attached hydrogen (secondary N) is 1. The molecular weight excluding hydrogens is 354 g/mol. The number of rotatable bonds is 6. The quantitative estimate of drug-likeness (QED) is 0.633. The van der Waals surface area contributed by atoms with E-state index in [2.05, 4.69) is 34.8 Å². The van der Waals surface area contributed by atoms with Crippen LogP contribution in [0.3, 0.4) is 0 Å². The van der Waals surface area contributed by atoms with Crippen LogP contribution in [0.4, 0.5) is 10.8 Å². The molecule has 27 heavy (non-hydrogen) atoms. The van der Waals surface area contributed by atoms with Crippen LogP contribution in [-0.2, 0) is 6.61 Å². The Balaban J connectivity index is 1.38. The number of benzene rings is 2. The van der Waals surface area contributed by atoms with E-state index in [0.717, 1.165) is 28.7 Å². The second-order valence-electron chi connectivity index (χ2n) is 7.11. The Bertz CT molecular complexity index is 865. The van der Waals surface area contributed by atoms with Crippen LogP contribution < -0.4 is 10.1 Å². The average Bonchev–Trinajstić information content (AvgIpc) is 3.16. The lowest BCUT2D eigenvalue weighted by atomic mass is 9.96. The van der Waals surface area contributed by atoms with Gasteiger partial charge in [-0.1, -0.05) is 36.4 Å². The summed E-state index contributed by atoms with van der Waals surface area (Å²) < 4.78 is 5.92. The number of hydrogen-bond donors (Lipinski definition) is 1. The highest BCUT2D eigenvalue weighted by Gasteiger charge is 2.21. The zero-order chi connectivity index (χ0) is 18.5. The van der Waals surface area contributed by atoms with Crippen molar-refractivity contribution >= 4 is 22.2 Å². The van der Waals surface area contributed by atoms with Crippen molar-refractivity contribution in [3.05, 3.63) is 71.2 Å². The lowest BCUT2D eigenvalue weighted by Crippen LogP contribution is -2.30. The number of nitrogens with zero attached hydrogens (tertiary/aromatic N) is 2. The van der Waals surface area contributed by atoms with Gasteiger partial charge in [-0.15, -0.1) is 11.3 Å². The van der Waals surface area contributed by atoms with E-state index in [4.69, 9.17) is 9.72 Å². The number of aromatic nitrogens is 1. The number of likely N-dealkylation sites (N-methyl/N-ethyl adjacent to an activating group) is 1. The van der Waals surface area contributed by atoms with Gasteiger partial charge >= 0.3 is 0 Å². The van der Waals surface area contributed by atoms with Gasteiger partial charge in [0.05, 0.1) is 5.69 Å². The molecule has 0 bridgehead atoms. The third-order valence-corrected chi connectivity index (χ3v) is 5.67. The molecule has 3 aromatic rings. The number of likely N-dealkylation sites (tertiary alicyclic amines) is 1. The number of piperidine rings is 1. The van der Waals surface area contributed by atoms with Crippen molar-refractivity contribution in [1.82, 2.24) is 9.88 Å². The summed E-state index contributed by atoms with van der Waals surface area (Å²) in [4.78, 5) is 7.22. The van der Waals surface area contributed by atoms with E-state index in [-0.39, 0.29) is 0 Å². The van der Waals surface area contributed by atoms with Gasteiger partial charge in [-0.25, -0.2) is 4.98 Å². The van der Waals surface area contributed by atoms with Crippen molar-refractivity contribution < 1.29 is 4.74 Å². The highest BCUT2D eigenvalue weighted by atomic mass is 32.1. The molecule has 0 radical (unpaired) electrons. The summed E-state index contributed by atoms with van der Waals surface area (Å²) in [7, 11) is 2.19. The second kappa shape index (κ2) is 8.55. The fourth-order valence-corrected chi connectivity index (χ4v) is 4.28. The highest BCUT2D eigenvalue weighted by molar-refractivity contribution is 7.13. The summed E-state index contributed by atoms with van der Waals surface area (Å²) in [5, 5.41) is 6.57. The van der Waals surface area contributed by atoms with E-state index in [9.17, 15) is 0 Å². The van der Waals surface area contributed by atoms with Gasteiger partial charge in [0.25, 0.3) is 0 Å². The zero-order valence-electron chi connectivity index (χ0n) is 15.6. The van der Waals surface area contributed by atoms with E-state index in [1.807, 2.05) is 42.5 Å². The summed E-state index contributed by atoms with van der Waals surface area (Å²) in [5.41, 5.74) is 3.38. The number of hydrogen-bond acceptors (Lipinski definition) is 5. The lowest BCUT2D eigenvalue weighted by Gasteiger charge is -2.28. The van der Waals surface area contributed by atoms with Crippen molar-refractivity contribution in [2.24, 2.45) is 0 Å². The van der Waals surface area contributed by atoms with Gasteiger partial charge in [-0.05, 0) is 44.1 Å². The molecule has 1 aliphatic heterocycles. The summed E-state index contributed by atoms with van der Waals surface area (Å²) in [6, 6.07) is 18.3. The SMILES string of the molecule is CN1CCC[C@H](c2csc(Nc3cccc(OCc4ccccc4)c3)n2)C1. The van der Waals surface area contributed by atoms with Crippen LogP contribution in [0.5, 0.6) is 5.75 Å². The molecule has 1 saturated heterocycles. The molecule has 0 saturated carbocycles. The molecule has 4 rings (SSSR count). The van der Waals surface area contributed by atoms with Crippen molar-refractivity contribution in [3.8, 4) is 5.75 Å². The first-order chi connectivity index (χ1) is 13.3. The van der Waals surface area contributed by atoms with Gasteiger partial charge in [0.15, 0.2) is 5.13 Å². The molecule has 2 heterocycles. The van der Waals surface area contributed by atoms with Gasteiger partial charge in [-0.2, -0.15) is 0 Å². The van der Waals surface area contributed by atoms with Crippen molar-refractivity contribution in [3.63, 3.8) is 0 Å². The van der Waals surface area contributed by atoms with E-state index in [0.29, 0.717) is 12.5 Å². The molecule has 1 aliphatic rings. The molecule has 1 fully saturated rings. The Hall–Kier alpha value is -2.37. The summed E-state index contributed by atoms with van der Waals surface area (Å²) >= 11 is 1.67. The molecule has 2 aromatic carbocycles. The maximum absolute atomic E-state index is 5.92. The first-order valence-corrected chi connectivity index (χ1v) is 10.3. The Labute approximate surface area is 164 Å². The van der Waals surface area contributed by atoms with Gasteiger partial charge in [-0.3, -0.25) is 0 Å². The topological polar surface area (TPSA) is 37.4 Å². The third-order valence-electron chi connectivity index (χ3n) is 4.90. The molecule has 1 aromatic heterocycles. The van der Waals surface area contributed by atoms with E-state index < -0.39 is 0 Å². The highest BCUT2D eigenvalue weighted by Crippen LogP contribution is 2.30. The minimum Gasteiger partial charge on any atom is -0.489 e. The Morgan fingerprint density at radius 2 is 2.07 bits per heavy atom. The summed E-state index contributed by atoms with van der Waals surface area (Å²) in [6.07, 6.45) is 2.48. The fourth-order valence-electron chi connectivity index (χ4n) is 3.47. The van der Waals surface area contributed by atoms with Crippen molar-refractivity contribution in [1.29, 1.82) is 0 Å². The average molecular weight is 380 g/mol. The summed E-state index contributed by atoms with van der Waals surface area (Å²) in [6.45, 7) is 2.87. The fraction of sp³-hybridized carbons (Fsp3) is 0.318. The number of ether oxygens (including phenoxy) is 1. The molecule has 0 spiro atoms. The monoisotopic (exact) mass is 379 g/mol. The molecule has 0 amide bonds. The largest absolute Gasteiger partial charge is 0.489 e. The number of thiazole rings is 1. The maximum Gasteiger partial charge on any atom is 0.187 e. The normalized spacial score (nSPS) is 17.6. The van der Waals surface area contributed by atoms with E-state index >= 15 is 0 Å². The lowest BCUT2D eigenvalue weighted by molar-refractivity contribution is 0.249. The predicted octanol–water partition coefficient (Wildman–Crippen LogP) is 5.27. The molecule has 4 nitrogen and oxygen atoms in total. The van der Waals surface area contributed by atoms with Crippen LogP contribution >= 0.6 is 11.3 Å². The molecule has 0 unspecified atom stereocenters. The Morgan fingerprint density at radius 3 is 2.93 bits per heavy atom. The molecule has 1 atom stereocenters. The van der Waals surface area contributed by atoms with E-state index in [1.54, 1.807) is 11.3 Å². The summed E-state index contributed by atoms with van der Waals surface area (Å²) in [5.74, 6) is 1.41. The molecule has 1 N–H and O–H groups in total. The van der Waals surface area contributed by atoms with Gasteiger partial charge in [0, 0.05) is 29.6 Å². The van der Waals surface area contributed by atoms with Gasteiger partial charge in [0.2, 0.25) is 0 Å². The van der Waals surface area contributed by atoms with Crippen LogP contribution in [-0.4, -0.2) is 30.0 Å².